The van der Waals surface area contributed by atoms with Crippen LogP contribution in [0.15, 0.2) is 51.7 Å². The molecule has 0 fully saturated rings. The van der Waals surface area contributed by atoms with Crippen LogP contribution in [0.3, 0.4) is 0 Å². The van der Waals surface area contributed by atoms with E-state index in [1.165, 1.54) is 23.1 Å². The molecule has 2 aromatic heterocycles. The zero-order valence-electron chi connectivity index (χ0n) is 14.5. The Kier molecular flexibility index (Phi) is 6.08. The van der Waals surface area contributed by atoms with Gasteiger partial charge in [0.25, 0.3) is 5.56 Å². The fraction of sp³-hybridized carbons (Fsp3) is 0.278. The van der Waals surface area contributed by atoms with Crippen molar-refractivity contribution < 1.29 is 9.53 Å². The Balaban J connectivity index is 1.81. The van der Waals surface area contributed by atoms with Gasteiger partial charge >= 0.3 is 0 Å². The number of carbonyl (C=O) groups is 1. The molecular weight excluding hydrogens is 370 g/mol. The molecule has 0 N–H and O–H groups in total. The van der Waals surface area contributed by atoms with Crippen LogP contribution in [0, 0.1) is 0 Å². The van der Waals surface area contributed by atoms with E-state index < -0.39 is 0 Å². The Bertz CT molecular complexity index is 953. The van der Waals surface area contributed by atoms with Crippen LogP contribution in [-0.4, -0.2) is 42.0 Å². The lowest BCUT2D eigenvalue weighted by Crippen LogP contribution is -2.29. The summed E-state index contributed by atoms with van der Waals surface area (Å²) in [7, 11) is 3.33. The smallest absolute Gasteiger partial charge is 0.272 e. The summed E-state index contributed by atoms with van der Waals surface area (Å²) in [6.45, 7) is 0.811. The van der Waals surface area contributed by atoms with Crippen molar-refractivity contribution in [1.82, 2.24) is 9.55 Å². The Labute approximate surface area is 159 Å². The number of anilines is 1. The first-order valence-corrected chi connectivity index (χ1v) is 9.89. The maximum Gasteiger partial charge on any atom is 0.272 e. The third-order valence-electron chi connectivity index (χ3n) is 3.89. The molecule has 0 atom stereocenters. The van der Waals surface area contributed by atoms with Crippen LogP contribution in [0.5, 0.6) is 0 Å². The number of thioether (sulfide) groups is 1. The average molecular weight is 390 g/mol. The quantitative estimate of drug-likeness (QED) is 0.459. The number of rotatable bonds is 7. The number of fused-ring (bicyclic) bond motifs is 1. The number of benzene rings is 1. The molecule has 136 valence electrons. The molecule has 0 aliphatic rings. The second-order valence-corrected chi connectivity index (χ2v) is 7.41. The topological polar surface area (TPSA) is 64.4 Å². The molecule has 0 radical (unpaired) electrons. The Hall–Kier alpha value is -2.16. The van der Waals surface area contributed by atoms with Crippen LogP contribution in [0.2, 0.25) is 0 Å². The highest BCUT2D eigenvalue weighted by Crippen LogP contribution is 2.22. The maximum atomic E-state index is 12.7. The molecule has 3 aromatic rings. The van der Waals surface area contributed by atoms with E-state index in [1.54, 1.807) is 23.6 Å². The van der Waals surface area contributed by atoms with E-state index >= 15 is 0 Å². The van der Waals surface area contributed by atoms with Crippen molar-refractivity contribution in [3.8, 4) is 0 Å². The zero-order chi connectivity index (χ0) is 18.5. The molecule has 6 nitrogen and oxygen atoms in total. The molecular formula is C18H19N3O3S2. The molecule has 26 heavy (non-hydrogen) atoms. The molecule has 2 heterocycles. The van der Waals surface area contributed by atoms with Crippen LogP contribution >= 0.6 is 23.1 Å². The van der Waals surface area contributed by atoms with Gasteiger partial charge < -0.3 is 9.64 Å². The van der Waals surface area contributed by atoms with Gasteiger partial charge in [-0.1, -0.05) is 30.0 Å². The summed E-state index contributed by atoms with van der Waals surface area (Å²) in [5.41, 5.74) is 1.41. The van der Waals surface area contributed by atoms with Gasteiger partial charge in [-0.05, 0) is 23.6 Å². The molecule has 0 aliphatic carbocycles. The minimum absolute atomic E-state index is 0.0563. The van der Waals surface area contributed by atoms with E-state index in [2.05, 4.69) is 4.98 Å². The Morgan fingerprint density at radius 2 is 2.08 bits per heavy atom. The minimum Gasteiger partial charge on any atom is -0.383 e. The number of carbonyl (C=O) groups excluding carboxylic acids is 1. The van der Waals surface area contributed by atoms with E-state index in [-0.39, 0.29) is 17.2 Å². The van der Waals surface area contributed by atoms with Gasteiger partial charge in [-0.2, -0.15) is 0 Å². The van der Waals surface area contributed by atoms with Crippen molar-refractivity contribution in [3.05, 3.63) is 52.1 Å². The standard InChI is InChI=1S/C18H19N3O3S2/c1-20(13-6-4-3-5-7-13)15(22)12-26-18-19-14-8-11-25-16(14)17(23)21(18)9-10-24-2/h3-8,11H,9-10,12H2,1-2H3. The molecule has 0 saturated heterocycles. The van der Waals surface area contributed by atoms with Crippen LogP contribution in [0.1, 0.15) is 0 Å². The fourth-order valence-electron chi connectivity index (χ4n) is 2.43. The fourth-order valence-corrected chi connectivity index (χ4v) is 4.15. The van der Waals surface area contributed by atoms with Crippen LogP contribution < -0.4 is 10.5 Å². The van der Waals surface area contributed by atoms with Crippen molar-refractivity contribution in [2.24, 2.45) is 0 Å². The van der Waals surface area contributed by atoms with Gasteiger partial charge in [0, 0.05) is 19.8 Å². The molecule has 0 saturated carbocycles. The summed E-state index contributed by atoms with van der Waals surface area (Å²) in [4.78, 5) is 31.4. The van der Waals surface area contributed by atoms with Gasteiger partial charge in [-0.15, -0.1) is 11.3 Å². The second-order valence-electron chi connectivity index (χ2n) is 5.56. The normalized spacial score (nSPS) is 11.0. The molecule has 0 unspecified atom stereocenters. The first kappa shape index (κ1) is 18.6. The SMILES string of the molecule is COCCn1c(SCC(=O)N(C)c2ccccc2)nc2ccsc2c1=O. The largest absolute Gasteiger partial charge is 0.383 e. The third-order valence-corrected chi connectivity index (χ3v) is 5.74. The summed E-state index contributed by atoms with van der Waals surface area (Å²) in [5, 5.41) is 2.38. The predicted octanol–water partition coefficient (Wildman–Crippen LogP) is 2.86. The molecule has 3 rings (SSSR count). The van der Waals surface area contributed by atoms with Gasteiger partial charge in [0.1, 0.15) is 4.70 Å². The van der Waals surface area contributed by atoms with Gasteiger partial charge in [-0.25, -0.2) is 4.98 Å². The van der Waals surface area contributed by atoms with Crippen molar-refractivity contribution in [2.75, 3.05) is 31.4 Å². The summed E-state index contributed by atoms with van der Waals surface area (Å²) in [6, 6.07) is 11.3. The number of para-hydroxylation sites is 1. The monoisotopic (exact) mass is 389 g/mol. The number of amides is 1. The van der Waals surface area contributed by atoms with E-state index in [1.807, 2.05) is 41.8 Å². The molecule has 1 aromatic carbocycles. The van der Waals surface area contributed by atoms with Gasteiger partial charge in [-0.3, -0.25) is 14.2 Å². The van der Waals surface area contributed by atoms with Crippen molar-refractivity contribution >= 4 is 44.9 Å². The molecule has 0 aliphatic heterocycles. The summed E-state index contributed by atoms with van der Waals surface area (Å²) >= 11 is 2.65. The van der Waals surface area contributed by atoms with Crippen LogP contribution in [-0.2, 0) is 16.1 Å². The lowest BCUT2D eigenvalue weighted by Gasteiger charge is -2.17. The van der Waals surface area contributed by atoms with Crippen LogP contribution in [0.25, 0.3) is 10.2 Å². The minimum atomic E-state index is -0.0894. The number of aromatic nitrogens is 2. The van der Waals surface area contributed by atoms with E-state index in [0.29, 0.717) is 28.5 Å². The third kappa shape index (κ3) is 3.98. The van der Waals surface area contributed by atoms with Crippen molar-refractivity contribution in [3.63, 3.8) is 0 Å². The van der Waals surface area contributed by atoms with E-state index in [0.717, 1.165) is 5.69 Å². The Morgan fingerprint density at radius 3 is 2.81 bits per heavy atom. The summed E-state index contributed by atoms with van der Waals surface area (Å²) in [6.07, 6.45) is 0. The van der Waals surface area contributed by atoms with Gasteiger partial charge in [0.2, 0.25) is 5.91 Å². The van der Waals surface area contributed by atoms with Gasteiger partial charge in [0.05, 0.1) is 24.4 Å². The highest BCUT2D eigenvalue weighted by Gasteiger charge is 2.16. The number of thiophene rings is 1. The summed E-state index contributed by atoms with van der Waals surface area (Å²) < 4.78 is 7.31. The lowest BCUT2D eigenvalue weighted by molar-refractivity contribution is -0.115. The van der Waals surface area contributed by atoms with E-state index in [4.69, 9.17) is 4.74 Å². The maximum absolute atomic E-state index is 12.7. The van der Waals surface area contributed by atoms with Gasteiger partial charge in [0.15, 0.2) is 5.16 Å². The zero-order valence-corrected chi connectivity index (χ0v) is 16.2. The first-order chi connectivity index (χ1) is 12.6. The number of ether oxygens (including phenoxy) is 1. The lowest BCUT2D eigenvalue weighted by atomic mass is 10.3. The number of nitrogens with zero attached hydrogens (tertiary/aromatic N) is 3. The summed E-state index contributed by atoms with van der Waals surface area (Å²) in [5.74, 6) is 0.139. The Morgan fingerprint density at radius 1 is 1.31 bits per heavy atom. The molecule has 8 heteroatoms. The van der Waals surface area contributed by atoms with Crippen molar-refractivity contribution in [1.29, 1.82) is 0 Å². The molecule has 1 amide bonds. The first-order valence-electron chi connectivity index (χ1n) is 8.03. The average Bonchev–Trinajstić information content (AvgIpc) is 3.14. The highest BCUT2D eigenvalue weighted by molar-refractivity contribution is 7.99. The molecule has 0 bridgehead atoms. The van der Waals surface area contributed by atoms with Crippen molar-refractivity contribution in [2.45, 2.75) is 11.7 Å². The van der Waals surface area contributed by atoms with E-state index in [9.17, 15) is 9.59 Å². The molecule has 0 spiro atoms. The second kappa shape index (κ2) is 8.48. The number of methoxy groups -OCH3 is 1. The highest BCUT2D eigenvalue weighted by atomic mass is 32.2. The number of hydrogen-bond donors (Lipinski definition) is 0. The van der Waals surface area contributed by atoms with Crippen LogP contribution in [0.4, 0.5) is 5.69 Å². The number of hydrogen-bond acceptors (Lipinski definition) is 6. The predicted molar refractivity (Wildman–Crippen MR) is 106 cm³/mol.